The normalized spacial score (nSPS) is 12.2. The third kappa shape index (κ3) is 2.74. The summed E-state index contributed by atoms with van der Waals surface area (Å²) in [4.78, 5) is 2.36. The average molecular weight is 457 g/mol. The molecule has 5 heteroatoms. The molecule has 0 aliphatic rings. The van der Waals surface area contributed by atoms with Crippen molar-refractivity contribution in [3.63, 3.8) is 0 Å². The lowest BCUT2D eigenvalue weighted by Gasteiger charge is -1.93. The van der Waals surface area contributed by atoms with Crippen LogP contribution in [0.1, 0.15) is 11.1 Å². The molecule has 0 fully saturated rings. The van der Waals surface area contributed by atoms with Crippen LogP contribution < -0.4 is 0 Å². The highest BCUT2D eigenvalue weighted by Crippen LogP contribution is 2.42. The van der Waals surface area contributed by atoms with E-state index in [0.29, 0.717) is 0 Å². The molecule has 0 saturated heterocycles. The molecule has 0 aliphatic carbocycles. The van der Waals surface area contributed by atoms with Gasteiger partial charge in [-0.15, -0.1) is 34.0 Å². The molecule has 0 atom stereocenters. The van der Waals surface area contributed by atoms with Crippen LogP contribution in [0.25, 0.3) is 63.4 Å². The first kappa shape index (κ1) is 17.8. The number of thiophene rings is 3. The fraction of sp³-hybridized carbons (Fsp3) is 0.0769. The summed E-state index contributed by atoms with van der Waals surface area (Å²) in [5, 5.41) is 9.18. The molecule has 0 unspecified atom stereocenters. The molecule has 31 heavy (non-hydrogen) atoms. The third-order valence-electron chi connectivity index (χ3n) is 5.69. The van der Waals surface area contributed by atoms with E-state index < -0.39 is 0 Å². The number of rotatable bonds is 2. The molecular weight excluding hydrogens is 440 g/mol. The maximum Gasteiger partial charge on any atom is 0.145 e. The number of hydrogen-bond donors (Lipinski definition) is 0. The van der Waals surface area contributed by atoms with Gasteiger partial charge in [0.15, 0.2) is 0 Å². The van der Waals surface area contributed by atoms with Crippen LogP contribution in [0.3, 0.4) is 0 Å². The first-order valence-electron chi connectivity index (χ1n) is 10.1. The van der Waals surface area contributed by atoms with Gasteiger partial charge >= 0.3 is 0 Å². The molecule has 0 bridgehead atoms. The third-order valence-corrected chi connectivity index (χ3v) is 8.93. The van der Waals surface area contributed by atoms with E-state index in [2.05, 4.69) is 73.1 Å². The zero-order valence-corrected chi connectivity index (χ0v) is 19.3. The van der Waals surface area contributed by atoms with Crippen molar-refractivity contribution in [2.24, 2.45) is 0 Å². The quantitative estimate of drug-likeness (QED) is 0.259. The van der Waals surface area contributed by atoms with Crippen LogP contribution in [0.5, 0.6) is 0 Å². The van der Waals surface area contributed by atoms with Gasteiger partial charge in [0, 0.05) is 30.9 Å². The van der Waals surface area contributed by atoms with Crippen LogP contribution in [0, 0.1) is 13.8 Å². The van der Waals surface area contributed by atoms with Gasteiger partial charge in [0.1, 0.15) is 22.7 Å². The second-order valence-electron chi connectivity index (χ2n) is 8.07. The molecule has 2 aromatic carbocycles. The number of hydrogen-bond acceptors (Lipinski definition) is 5. The van der Waals surface area contributed by atoms with Crippen molar-refractivity contribution in [3.05, 3.63) is 70.4 Å². The summed E-state index contributed by atoms with van der Waals surface area (Å²) in [5.41, 5.74) is 4.43. The molecule has 150 valence electrons. The molecular formula is C26H16O2S3. The van der Waals surface area contributed by atoms with Gasteiger partial charge in [-0.25, -0.2) is 0 Å². The Balaban J connectivity index is 1.42. The van der Waals surface area contributed by atoms with Crippen molar-refractivity contribution >= 4 is 76.1 Å². The minimum Gasteiger partial charge on any atom is -0.455 e. The van der Waals surface area contributed by atoms with E-state index in [1.54, 1.807) is 34.0 Å². The lowest BCUT2D eigenvalue weighted by molar-refractivity contribution is 0.633. The van der Waals surface area contributed by atoms with Crippen LogP contribution in [-0.4, -0.2) is 0 Å². The maximum atomic E-state index is 6.20. The first-order valence-corrected chi connectivity index (χ1v) is 12.6. The van der Waals surface area contributed by atoms with Gasteiger partial charge in [-0.2, -0.15) is 0 Å². The summed E-state index contributed by atoms with van der Waals surface area (Å²) in [6, 6.07) is 17.6. The zero-order valence-electron chi connectivity index (χ0n) is 16.8. The van der Waals surface area contributed by atoms with Gasteiger partial charge in [0.2, 0.25) is 0 Å². The summed E-state index contributed by atoms with van der Waals surface area (Å²) < 4.78 is 14.9. The average Bonchev–Trinajstić information content (AvgIpc) is 3.54. The van der Waals surface area contributed by atoms with Crippen molar-refractivity contribution in [2.45, 2.75) is 13.8 Å². The zero-order chi connectivity index (χ0) is 20.7. The lowest BCUT2D eigenvalue weighted by atomic mass is 10.1. The summed E-state index contributed by atoms with van der Waals surface area (Å²) in [5.74, 6) is 1.89. The van der Waals surface area contributed by atoms with Crippen molar-refractivity contribution in [2.75, 3.05) is 0 Å². The van der Waals surface area contributed by atoms with E-state index in [1.165, 1.54) is 41.1 Å². The predicted molar refractivity (Wildman–Crippen MR) is 135 cm³/mol. The van der Waals surface area contributed by atoms with Gasteiger partial charge in [-0.1, -0.05) is 0 Å². The second-order valence-corrected chi connectivity index (χ2v) is 11.0. The number of aryl methyl sites for hydroxylation is 2. The van der Waals surface area contributed by atoms with Crippen LogP contribution >= 0.6 is 34.0 Å². The largest absolute Gasteiger partial charge is 0.455 e. The fourth-order valence-corrected chi connectivity index (χ4v) is 7.04. The van der Waals surface area contributed by atoms with E-state index in [1.807, 2.05) is 0 Å². The summed E-state index contributed by atoms with van der Waals surface area (Å²) >= 11 is 5.25. The number of fused-ring (bicyclic) bond motifs is 5. The Morgan fingerprint density at radius 2 is 1.06 bits per heavy atom. The molecule has 0 radical (unpaired) electrons. The van der Waals surface area contributed by atoms with Crippen molar-refractivity contribution in [1.82, 2.24) is 0 Å². The van der Waals surface area contributed by atoms with E-state index in [9.17, 15) is 0 Å². The Kier molecular flexibility index (Phi) is 3.63. The number of furan rings is 2. The molecule has 0 saturated carbocycles. The molecule has 7 rings (SSSR count). The molecule has 5 aromatic heterocycles. The smallest absolute Gasteiger partial charge is 0.145 e. The van der Waals surface area contributed by atoms with Gasteiger partial charge < -0.3 is 8.83 Å². The lowest BCUT2D eigenvalue weighted by Crippen LogP contribution is -1.68. The van der Waals surface area contributed by atoms with E-state index in [0.717, 1.165) is 33.5 Å². The Morgan fingerprint density at radius 3 is 1.48 bits per heavy atom. The van der Waals surface area contributed by atoms with Crippen LogP contribution in [0.4, 0.5) is 0 Å². The molecule has 2 nitrogen and oxygen atoms in total. The Bertz CT molecular complexity index is 1640. The van der Waals surface area contributed by atoms with Gasteiger partial charge in [-0.3, -0.25) is 0 Å². The first-order chi connectivity index (χ1) is 15.1. The molecule has 0 aliphatic heterocycles. The minimum atomic E-state index is 0.944. The maximum absolute atomic E-state index is 6.20. The Labute approximate surface area is 190 Å². The SMILES string of the molecule is Cc1csc(-c2cc3cc4c(cc3o2)sc2cc3oc(-c5cc(C)cs5)cc3cc24)c1. The van der Waals surface area contributed by atoms with Crippen molar-refractivity contribution in [3.8, 4) is 21.3 Å². The molecule has 0 N–H and O–H groups in total. The van der Waals surface area contributed by atoms with E-state index in [-0.39, 0.29) is 0 Å². The molecule has 5 heterocycles. The predicted octanol–water partition coefficient (Wildman–Crippen LogP) is 9.62. The Hall–Kier alpha value is -2.86. The summed E-state index contributed by atoms with van der Waals surface area (Å²) in [6.07, 6.45) is 0. The van der Waals surface area contributed by atoms with E-state index in [4.69, 9.17) is 8.83 Å². The summed E-state index contributed by atoms with van der Waals surface area (Å²) in [6.45, 7) is 4.23. The van der Waals surface area contributed by atoms with Crippen molar-refractivity contribution in [1.29, 1.82) is 0 Å². The second kappa shape index (κ2) is 6.33. The number of benzene rings is 2. The fourth-order valence-electron chi connectivity index (χ4n) is 4.21. The van der Waals surface area contributed by atoms with Crippen LogP contribution in [-0.2, 0) is 0 Å². The van der Waals surface area contributed by atoms with Crippen LogP contribution in [0.15, 0.2) is 68.1 Å². The monoisotopic (exact) mass is 456 g/mol. The highest BCUT2D eigenvalue weighted by molar-refractivity contribution is 7.26. The van der Waals surface area contributed by atoms with Crippen LogP contribution in [0.2, 0.25) is 0 Å². The van der Waals surface area contributed by atoms with Gasteiger partial charge in [0.05, 0.1) is 9.75 Å². The highest BCUT2D eigenvalue weighted by atomic mass is 32.1. The van der Waals surface area contributed by atoms with E-state index >= 15 is 0 Å². The summed E-state index contributed by atoms with van der Waals surface area (Å²) in [7, 11) is 0. The standard InChI is InChI=1S/C26H16O2S3/c1-13-3-25(29-11-13)21-7-15-5-17-18-6-16-8-22(26-4-14(2)12-30-26)28-20(16)10-24(18)31-23(17)9-19(15)27-21/h3-12H,1-2H3. The van der Waals surface area contributed by atoms with Gasteiger partial charge in [0.25, 0.3) is 0 Å². The molecule has 0 spiro atoms. The minimum absolute atomic E-state index is 0.944. The Morgan fingerprint density at radius 1 is 0.581 bits per heavy atom. The highest BCUT2D eigenvalue weighted by Gasteiger charge is 2.15. The topological polar surface area (TPSA) is 26.3 Å². The van der Waals surface area contributed by atoms with Crippen molar-refractivity contribution < 1.29 is 8.83 Å². The molecule has 0 amide bonds. The molecule has 7 aromatic rings. The van der Waals surface area contributed by atoms with Gasteiger partial charge in [-0.05, 0) is 84.3 Å².